The minimum Gasteiger partial charge on any atom is -0.385 e. The molecule has 0 bridgehead atoms. The summed E-state index contributed by atoms with van der Waals surface area (Å²) >= 11 is 0. The molecular weight excluding hydrogens is 825 g/mol. The van der Waals surface area contributed by atoms with E-state index in [1.165, 1.54) is 0 Å². The van der Waals surface area contributed by atoms with Crippen molar-refractivity contribution in [2.45, 2.75) is 101 Å². The zero-order valence-electron chi connectivity index (χ0n) is 36.3. The molecule has 2 heterocycles. The van der Waals surface area contributed by atoms with Crippen molar-refractivity contribution in [2.75, 3.05) is 13.2 Å². The van der Waals surface area contributed by atoms with E-state index < -0.39 is 61.4 Å². The molecule has 0 aromatic heterocycles. The Morgan fingerprint density at radius 2 is 0.785 bits per heavy atom. The van der Waals surface area contributed by atoms with Gasteiger partial charge in [-0.3, -0.25) is 0 Å². The molecule has 65 heavy (non-hydrogen) atoms. The SMILES string of the molecule is O[C@H]1[C@@H](OC[C@H]2O[C@H](O)[C@@H](OCc3ccccc3)[C@@H](OCc3ccccc3)[C@@H]2OCc2ccccc2)O[C@H]([C@@H](COCc2ccccc2)OCc2ccccc2)[C@@H]1OCc1ccccc1. The second-order valence-corrected chi connectivity index (χ2v) is 16.2. The van der Waals surface area contributed by atoms with Gasteiger partial charge in [0.15, 0.2) is 12.6 Å². The van der Waals surface area contributed by atoms with E-state index in [-0.39, 0.29) is 46.2 Å². The topological polar surface area (TPSA) is 124 Å². The fourth-order valence-electron chi connectivity index (χ4n) is 8.03. The van der Waals surface area contributed by atoms with Crippen molar-refractivity contribution in [2.24, 2.45) is 0 Å². The normalized spacial score (nSPS) is 24.7. The summed E-state index contributed by atoms with van der Waals surface area (Å²) in [6, 6.07) is 58.8. The van der Waals surface area contributed by atoms with Gasteiger partial charge in [-0.05, 0) is 33.4 Å². The molecule has 6 aromatic rings. The quantitative estimate of drug-likeness (QED) is 0.0652. The molecule has 8 rings (SSSR count). The molecule has 2 N–H and O–H groups in total. The van der Waals surface area contributed by atoms with E-state index in [0.29, 0.717) is 6.61 Å². The van der Waals surface area contributed by atoms with Crippen molar-refractivity contribution in [1.82, 2.24) is 0 Å². The Morgan fingerprint density at radius 1 is 0.400 bits per heavy atom. The molecule has 0 saturated carbocycles. The van der Waals surface area contributed by atoms with Crippen molar-refractivity contribution in [3.05, 3.63) is 215 Å². The van der Waals surface area contributed by atoms with Gasteiger partial charge in [0.25, 0.3) is 0 Å². The molecule has 10 atom stereocenters. The molecule has 11 heteroatoms. The van der Waals surface area contributed by atoms with Gasteiger partial charge in [0.2, 0.25) is 0 Å². The highest BCUT2D eigenvalue weighted by Gasteiger charge is 2.52. The highest BCUT2D eigenvalue weighted by atomic mass is 16.7. The van der Waals surface area contributed by atoms with Crippen molar-refractivity contribution in [3.63, 3.8) is 0 Å². The molecule has 2 aliphatic heterocycles. The monoisotopic (exact) mass is 882 g/mol. The fourth-order valence-corrected chi connectivity index (χ4v) is 8.03. The number of hydrogen-bond donors (Lipinski definition) is 2. The maximum absolute atomic E-state index is 12.1. The van der Waals surface area contributed by atoms with Gasteiger partial charge in [-0.25, -0.2) is 0 Å². The van der Waals surface area contributed by atoms with E-state index in [4.69, 9.17) is 42.6 Å². The summed E-state index contributed by atoms with van der Waals surface area (Å²) in [4.78, 5) is 0. The summed E-state index contributed by atoms with van der Waals surface area (Å²) in [5.41, 5.74) is 5.72. The standard InChI is InChI=1S/C54H58O11/c55-47-50(60-34-42-25-13-4-14-26-42)49(45(58-32-40-21-9-2-10-22-40)37-57-31-39-19-7-1-8-20-39)65-54(47)63-38-46-48(59-33-41-23-11-3-12-24-41)51(61-35-43-27-15-5-16-28-43)52(53(56)64-46)62-36-44-29-17-6-18-30-44/h1-30,45-56H,31-38H2/t45-,46-,47-,48-,49-,50-,51+,52+,53+,54+/m1/s1. The van der Waals surface area contributed by atoms with E-state index in [1.807, 2.05) is 182 Å². The van der Waals surface area contributed by atoms with E-state index in [9.17, 15) is 10.2 Å². The number of hydrogen-bond acceptors (Lipinski definition) is 11. The Balaban J connectivity index is 1.03. The minimum absolute atomic E-state index is 0.146. The molecule has 340 valence electrons. The van der Waals surface area contributed by atoms with Crippen molar-refractivity contribution < 1.29 is 52.8 Å². The van der Waals surface area contributed by atoms with Gasteiger partial charge in [-0.1, -0.05) is 182 Å². The average molecular weight is 883 g/mol. The highest BCUT2D eigenvalue weighted by molar-refractivity contribution is 5.18. The van der Waals surface area contributed by atoms with Gasteiger partial charge in [0.05, 0.1) is 52.9 Å². The zero-order chi connectivity index (χ0) is 44.5. The summed E-state index contributed by atoms with van der Waals surface area (Å²) in [6.45, 7) is 1.50. The first-order chi connectivity index (χ1) is 32.1. The molecule has 0 unspecified atom stereocenters. The summed E-state index contributed by atoms with van der Waals surface area (Å²) in [7, 11) is 0. The van der Waals surface area contributed by atoms with Crippen molar-refractivity contribution in [3.8, 4) is 0 Å². The third kappa shape index (κ3) is 13.5. The third-order valence-electron chi connectivity index (χ3n) is 11.5. The van der Waals surface area contributed by atoms with Crippen LogP contribution in [0.25, 0.3) is 0 Å². The largest absolute Gasteiger partial charge is 0.385 e. The fraction of sp³-hybridized carbons (Fsp3) is 0.333. The molecule has 0 spiro atoms. The number of aliphatic hydroxyl groups is 2. The molecule has 0 aliphatic carbocycles. The van der Waals surface area contributed by atoms with Crippen LogP contribution in [0.2, 0.25) is 0 Å². The summed E-state index contributed by atoms with van der Waals surface area (Å²) in [5, 5.41) is 23.8. The summed E-state index contributed by atoms with van der Waals surface area (Å²) in [6.07, 6.45) is -9.60. The smallest absolute Gasteiger partial charge is 0.186 e. The average Bonchev–Trinajstić information content (AvgIpc) is 3.67. The Morgan fingerprint density at radius 3 is 1.25 bits per heavy atom. The lowest BCUT2D eigenvalue weighted by molar-refractivity contribution is -0.323. The van der Waals surface area contributed by atoms with Crippen LogP contribution in [0.5, 0.6) is 0 Å². The van der Waals surface area contributed by atoms with Gasteiger partial charge in [-0.2, -0.15) is 0 Å². The van der Waals surface area contributed by atoms with Gasteiger partial charge >= 0.3 is 0 Å². The van der Waals surface area contributed by atoms with E-state index in [0.717, 1.165) is 33.4 Å². The lowest BCUT2D eigenvalue weighted by Crippen LogP contribution is -2.61. The second kappa shape index (κ2) is 24.4. The maximum atomic E-state index is 12.1. The van der Waals surface area contributed by atoms with E-state index in [2.05, 4.69) is 0 Å². The number of ether oxygens (including phenoxy) is 9. The third-order valence-corrected chi connectivity index (χ3v) is 11.5. The molecule has 2 aliphatic rings. The van der Waals surface area contributed by atoms with Crippen LogP contribution in [-0.4, -0.2) is 84.8 Å². The molecule has 2 saturated heterocycles. The van der Waals surface area contributed by atoms with Gasteiger partial charge in [0, 0.05) is 0 Å². The van der Waals surface area contributed by atoms with Crippen LogP contribution < -0.4 is 0 Å². The zero-order valence-corrected chi connectivity index (χ0v) is 36.3. The van der Waals surface area contributed by atoms with Gasteiger partial charge in [-0.15, -0.1) is 0 Å². The highest BCUT2D eigenvalue weighted by Crippen LogP contribution is 2.34. The molecule has 2 fully saturated rings. The predicted molar refractivity (Wildman–Crippen MR) is 243 cm³/mol. The Bertz CT molecular complexity index is 2210. The number of aliphatic hydroxyl groups excluding tert-OH is 2. The predicted octanol–water partition coefficient (Wildman–Crippen LogP) is 7.95. The first-order valence-electron chi connectivity index (χ1n) is 22.3. The Kier molecular flexibility index (Phi) is 17.4. The Hall–Kier alpha value is -5.12. The minimum atomic E-state index is -1.41. The van der Waals surface area contributed by atoms with Gasteiger partial charge < -0.3 is 52.8 Å². The summed E-state index contributed by atoms with van der Waals surface area (Å²) in [5.74, 6) is 0. The second-order valence-electron chi connectivity index (χ2n) is 16.2. The Labute approximate surface area is 381 Å². The first kappa shape index (κ1) is 46.4. The van der Waals surface area contributed by atoms with Crippen molar-refractivity contribution >= 4 is 0 Å². The van der Waals surface area contributed by atoms with Crippen molar-refractivity contribution in [1.29, 1.82) is 0 Å². The van der Waals surface area contributed by atoms with E-state index >= 15 is 0 Å². The van der Waals surface area contributed by atoms with Crippen LogP contribution in [-0.2, 0) is 82.3 Å². The number of benzene rings is 6. The molecule has 0 radical (unpaired) electrons. The van der Waals surface area contributed by atoms with Crippen LogP contribution >= 0.6 is 0 Å². The van der Waals surface area contributed by atoms with Crippen LogP contribution in [0.15, 0.2) is 182 Å². The van der Waals surface area contributed by atoms with Crippen LogP contribution in [0.1, 0.15) is 33.4 Å². The first-order valence-corrected chi connectivity index (χ1v) is 22.3. The van der Waals surface area contributed by atoms with Crippen LogP contribution in [0.3, 0.4) is 0 Å². The number of rotatable bonds is 23. The molecular formula is C54H58O11. The summed E-state index contributed by atoms with van der Waals surface area (Å²) < 4.78 is 58.6. The van der Waals surface area contributed by atoms with E-state index in [1.54, 1.807) is 0 Å². The van der Waals surface area contributed by atoms with Gasteiger partial charge in [0.1, 0.15) is 48.8 Å². The van der Waals surface area contributed by atoms with Crippen LogP contribution in [0, 0.1) is 0 Å². The molecule has 6 aromatic carbocycles. The molecule has 0 amide bonds. The molecule has 11 nitrogen and oxygen atoms in total. The maximum Gasteiger partial charge on any atom is 0.186 e. The lowest BCUT2D eigenvalue weighted by Gasteiger charge is -2.44. The lowest BCUT2D eigenvalue weighted by atomic mass is 9.98. The van der Waals surface area contributed by atoms with Crippen LogP contribution in [0.4, 0.5) is 0 Å².